The van der Waals surface area contributed by atoms with Crippen LogP contribution in [0.1, 0.15) is 458 Å². The summed E-state index contributed by atoms with van der Waals surface area (Å²) in [4.78, 5) is 11.3. The zero-order chi connectivity index (χ0) is 98.0. The molecule has 12 aliphatic rings. The van der Waals surface area contributed by atoms with Crippen molar-refractivity contribution in [1.82, 2.24) is 0 Å². The van der Waals surface area contributed by atoms with E-state index in [1.54, 1.807) is 0 Å². The molecule has 0 fully saturated rings. The molecule has 0 bridgehead atoms. The summed E-state index contributed by atoms with van der Waals surface area (Å²) in [7, 11) is 0. The molecular weight excluding hydrogens is 1640 g/mol. The minimum Gasteiger partial charge on any atom is -0.309 e. The Balaban J connectivity index is 0.788. The van der Waals surface area contributed by atoms with Crippen molar-refractivity contribution in [2.75, 3.05) is 19.6 Å². The summed E-state index contributed by atoms with van der Waals surface area (Å²) in [6.45, 7) is 105. The van der Waals surface area contributed by atoms with Crippen LogP contribution < -0.4 is 19.6 Å². The van der Waals surface area contributed by atoms with Crippen LogP contribution in [0.3, 0.4) is 0 Å². The molecule has 12 aliphatic heterocycles. The van der Waals surface area contributed by atoms with Gasteiger partial charge in [-0.25, -0.2) is 0 Å². The Morgan fingerprint density at radius 3 is 0.250 bits per heavy atom. The molecule has 0 aromatic heterocycles. The molecule has 0 spiro atoms. The lowest BCUT2D eigenvalue weighted by Gasteiger charge is -2.56. The summed E-state index contributed by atoms with van der Waals surface area (Å²) in [5, 5.41) is 0. The Morgan fingerprint density at radius 2 is 0.184 bits per heavy atom. The molecule has 12 aromatic rings. The highest BCUT2D eigenvalue weighted by atomic mass is 15.2. The van der Waals surface area contributed by atoms with Crippen molar-refractivity contribution >= 4 is 68.2 Å². The number of rotatable bonds is 3. The Bertz CT molecular complexity index is 6550. The van der Waals surface area contributed by atoms with Gasteiger partial charge in [0.1, 0.15) is 0 Å². The molecule has 4 heteroatoms. The van der Waals surface area contributed by atoms with Crippen LogP contribution in [0.2, 0.25) is 0 Å². The molecule has 0 unspecified atom stereocenters. The summed E-state index contributed by atoms with van der Waals surface area (Å²) >= 11 is 0. The SMILES string of the molecule is CC(C)(C)c1cc2c3c(c1)C(C)(C)c1cc(C(C)(C)C)cc4c1N3c1c(cc(-c3cc5c6c(c3)C(C)(C)c3cc(-c7cc8c9c(c7)C(C)(C)c7cc(C(C)(C)C)cc%10c7N9c7c(cc(C(C)(C)C)cc7C%10(C)C)C8(C)C)cc7c3N6c3c(cc(-c6cc8c9c(c6)C(C)(C)c6cc(C(C)(C)C)cc%10c6N9c6c(cc(C(C)(C)C)cc6C%10(C)C)C8(C)C)cc3C7(C)C)C5(C)C)cc1C4(C)C)C2(C)C. The molecule has 0 N–H and O–H groups in total. The predicted molar refractivity (Wildman–Crippen MR) is 579 cm³/mol. The van der Waals surface area contributed by atoms with Gasteiger partial charge in [-0.1, -0.05) is 364 Å². The average molecular weight is 1790 g/mol. The van der Waals surface area contributed by atoms with Crippen molar-refractivity contribution in [3.8, 4) is 33.4 Å². The highest BCUT2D eigenvalue weighted by molar-refractivity contribution is 6.07. The van der Waals surface area contributed by atoms with E-state index in [1.807, 2.05) is 0 Å². The van der Waals surface area contributed by atoms with E-state index in [0.29, 0.717) is 0 Å². The maximum atomic E-state index is 2.88. The van der Waals surface area contributed by atoms with Gasteiger partial charge in [0.15, 0.2) is 0 Å². The maximum Gasteiger partial charge on any atom is 0.0544 e. The summed E-state index contributed by atoms with van der Waals surface area (Å²) in [5.41, 5.74) is 61.6. The van der Waals surface area contributed by atoms with Crippen molar-refractivity contribution in [2.45, 2.75) is 388 Å². The zero-order valence-electron chi connectivity index (χ0n) is 90.6. The smallest absolute Gasteiger partial charge is 0.0544 e. The monoisotopic (exact) mass is 1790 g/mol. The molecule has 0 saturated heterocycles. The van der Waals surface area contributed by atoms with Crippen molar-refractivity contribution in [3.05, 3.63) is 312 Å². The Morgan fingerprint density at radius 1 is 0.118 bits per heavy atom. The third kappa shape index (κ3) is 10.5. The fourth-order valence-corrected chi connectivity index (χ4v) is 28.6. The first-order chi connectivity index (χ1) is 62.3. The van der Waals surface area contributed by atoms with E-state index in [2.05, 4.69) is 456 Å². The molecule has 0 radical (unpaired) electrons. The van der Waals surface area contributed by atoms with Gasteiger partial charge in [-0.15, -0.1) is 0 Å². The van der Waals surface area contributed by atoms with Gasteiger partial charge in [-0.2, -0.15) is 0 Å². The number of anilines is 12. The van der Waals surface area contributed by atoms with Gasteiger partial charge in [0.05, 0.1) is 68.2 Å². The van der Waals surface area contributed by atoms with Crippen LogP contribution in [-0.2, 0) is 97.5 Å². The minimum atomic E-state index is -0.510. The van der Waals surface area contributed by atoms with Gasteiger partial charge in [0.2, 0.25) is 0 Å². The lowest BCUT2D eigenvalue weighted by Crippen LogP contribution is -2.44. The van der Waals surface area contributed by atoms with E-state index < -0.39 is 16.2 Å². The molecule has 12 aromatic carbocycles. The summed E-state index contributed by atoms with van der Waals surface area (Å²) in [6, 6.07) is 64.1. The van der Waals surface area contributed by atoms with E-state index in [-0.39, 0.29) is 81.2 Å². The van der Waals surface area contributed by atoms with E-state index in [1.165, 1.54) is 269 Å². The standard InChI is InChI=1S/C132H150N4/c1-115(2,3)73-55-91-109-97(61-73)130(37,38)98-62-74(116(4,5)6)56-92-110(98)134(109)106-85(124(91,25)26)49-70(50-86(106)125(92,27)28)67-43-79-103-80(44-67)122(21,22)82-46-69(72-53-89-108-90(54-72)129(35,36)96-60-78(120(16,17)18)66-102-114(96)136(108)113-95(128(89,33)34)59-77(119(13,14)15)65-101(113)132(102,41)42)48-84-105(82)133(103)104-81(121(79,19)20)45-68(47-83(104)123(84,23)24)71-51-87-107-88(52-71)127(31,32)94-58-76(118(10,11)12)64-100-112(94)135(107)111-93(126(87,29)30)57-75(117(7,8)9)63-99(111)131(100,39)40/h43-66H,1-42H3. The van der Waals surface area contributed by atoms with Crippen molar-refractivity contribution in [3.63, 3.8) is 0 Å². The van der Waals surface area contributed by atoms with Gasteiger partial charge in [-0.3, -0.25) is 0 Å². The lowest BCUT2D eigenvalue weighted by atomic mass is 9.58. The molecule has 698 valence electrons. The van der Waals surface area contributed by atoms with E-state index >= 15 is 0 Å². The first-order valence-corrected chi connectivity index (χ1v) is 51.8. The quantitative estimate of drug-likeness (QED) is 0.175. The molecular formula is C132H150N4. The molecule has 0 aliphatic carbocycles. The van der Waals surface area contributed by atoms with Crippen molar-refractivity contribution < 1.29 is 0 Å². The zero-order valence-corrected chi connectivity index (χ0v) is 90.6. The molecule has 0 atom stereocenters. The number of hydrogen-bond acceptors (Lipinski definition) is 4. The fourth-order valence-electron chi connectivity index (χ4n) is 28.6. The first-order valence-electron chi connectivity index (χ1n) is 51.8. The van der Waals surface area contributed by atoms with Crippen LogP contribution in [0.15, 0.2) is 146 Å². The first kappa shape index (κ1) is 88.5. The van der Waals surface area contributed by atoms with Crippen LogP contribution in [0.4, 0.5) is 68.2 Å². The molecule has 4 nitrogen and oxygen atoms in total. The second kappa shape index (κ2) is 24.8. The lowest BCUT2D eigenvalue weighted by molar-refractivity contribution is 0.541. The Labute approximate surface area is 816 Å². The maximum absolute atomic E-state index is 2.88. The number of hydrogen-bond donors (Lipinski definition) is 0. The highest BCUT2D eigenvalue weighted by Crippen LogP contribution is 2.75. The van der Waals surface area contributed by atoms with Crippen molar-refractivity contribution in [2.24, 2.45) is 0 Å². The second-order valence-corrected chi connectivity index (χ2v) is 57.4. The largest absolute Gasteiger partial charge is 0.309 e. The summed E-state index contributed by atoms with van der Waals surface area (Å²) in [5.74, 6) is 0. The highest BCUT2D eigenvalue weighted by Gasteiger charge is 2.61. The minimum absolute atomic E-state index is 0.0845. The van der Waals surface area contributed by atoms with Crippen LogP contribution in [0.25, 0.3) is 33.4 Å². The predicted octanol–water partition coefficient (Wildman–Crippen LogP) is 36.0. The second-order valence-electron chi connectivity index (χ2n) is 57.4. The topological polar surface area (TPSA) is 13.0 Å². The summed E-state index contributed by atoms with van der Waals surface area (Å²) < 4.78 is 0. The van der Waals surface area contributed by atoms with Crippen LogP contribution in [0, 0.1) is 0 Å². The van der Waals surface area contributed by atoms with Gasteiger partial charge >= 0.3 is 0 Å². The normalized spacial score (nSPS) is 20.3. The molecule has 136 heavy (non-hydrogen) atoms. The van der Waals surface area contributed by atoms with E-state index in [0.717, 1.165) is 0 Å². The van der Waals surface area contributed by atoms with Gasteiger partial charge in [0.25, 0.3) is 0 Å². The van der Waals surface area contributed by atoms with E-state index in [4.69, 9.17) is 0 Å². The number of nitrogens with zero attached hydrogens (tertiary/aromatic N) is 4. The molecule has 0 saturated carbocycles. The Hall–Kier alpha value is -10.2. The third-order valence-corrected chi connectivity index (χ3v) is 38.4. The van der Waals surface area contributed by atoms with Gasteiger partial charge in [-0.05, 0) is 306 Å². The molecule has 12 heterocycles. The molecule has 24 rings (SSSR count). The third-order valence-electron chi connectivity index (χ3n) is 38.4. The fraction of sp³-hybridized carbons (Fsp3) is 0.455. The van der Waals surface area contributed by atoms with Crippen LogP contribution in [-0.4, -0.2) is 0 Å². The van der Waals surface area contributed by atoms with Gasteiger partial charge in [0, 0.05) is 65.0 Å². The van der Waals surface area contributed by atoms with Crippen molar-refractivity contribution in [1.29, 1.82) is 0 Å². The molecule has 0 amide bonds. The van der Waals surface area contributed by atoms with Crippen LogP contribution >= 0.6 is 0 Å². The van der Waals surface area contributed by atoms with E-state index in [9.17, 15) is 0 Å². The van der Waals surface area contributed by atoms with Gasteiger partial charge < -0.3 is 19.6 Å². The van der Waals surface area contributed by atoms with Crippen LogP contribution in [0.5, 0.6) is 0 Å². The Kier molecular flexibility index (Phi) is 16.1. The average Bonchev–Trinajstić information content (AvgIpc) is 0.668. The number of benzene rings is 12. The summed E-state index contributed by atoms with van der Waals surface area (Å²) in [6.07, 6.45) is 0.